The summed E-state index contributed by atoms with van der Waals surface area (Å²) in [6, 6.07) is 5.34. The maximum Gasteiger partial charge on any atom is 0.374 e. The van der Waals surface area contributed by atoms with E-state index in [1.54, 1.807) is 0 Å². The molecular weight excluding hydrogens is 265 g/mol. The van der Waals surface area contributed by atoms with Gasteiger partial charge in [0.05, 0.1) is 6.10 Å². The topological polar surface area (TPSA) is 72.6 Å². The highest BCUT2D eigenvalue weighted by Crippen LogP contribution is 2.34. The van der Waals surface area contributed by atoms with Crippen LogP contribution in [0, 0.1) is 5.82 Å². The van der Waals surface area contributed by atoms with Gasteiger partial charge in [0.1, 0.15) is 17.3 Å². The molecule has 0 spiro atoms. The van der Waals surface area contributed by atoms with Crippen LogP contribution in [0.2, 0.25) is 0 Å². The van der Waals surface area contributed by atoms with Crippen molar-refractivity contribution in [2.75, 3.05) is 0 Å². The van der Waals surface area contributed by atoms with Crippen molar-refractivity contribution in [3.63, 3.8) is 0 Å². The molecule has 5 nitrogen and oxygen atoms in total. The van der Waals surface area contributed by atoms with Crippen LogP contribution in [0.5, 0.6) is 5.75 Å². The minimum absolute atomic E-state index is 0.130. The third-order valence-electron chi connectivity index (χ3n) is 3.28. The number of aromatic nitrogens is 1. The molecule has 104 valence electrons. The summed E-state index contributed by atoms with van der Waals surface area (Å²) >= 11 is 0. The van der Waals surface area contributed by atoms with Crippen molar-refractivity contribution >= 4 is 5.97 Å². The summed E-state index contributed by atoms with van der Waals surface area (Å²) in [6.07, 6.45) is 3.19. The number of nitrogens with zero attached hydrogens (tertiary/aromatic N) is 1. The van der Waals surface area contributed by atoms with Crippen LogP contribution in [-0.4, -0.2) is 22.3 Å². The molecular formula is C14H12FNO4. The van der Waals surface area contributed by atoms with Gasteiger partial charge in [-0.15, -0.1) is 0 Å². The molecule has 1 aliphatic rings. The van der Waals surface area contributed by atoms with E-state index in [1.165, 1.54) is 24.3 Å². The molecule has 1 heterocycles. The monoisotopic (exact) mass is 277 g/mol. The van der Waals surface area contributed by atoms with Gasteiger partial charge in [-0.2, -0.15) is 0 Å². The number of carbonyl (C=O) groups is 1. The lowest BCUT2D eigenvalue weighted by atomic mass is 9.96. The molecule has 0 saturated heterocycles. The molecule has 6 heteroatoms. The fourth-order valence-electron chi connectivity index (χ4n) is 1.98. The SMILES string of the molecule is O=C(O)c1cc(-c2cc(F)ccc2OC2CCC2)no1. The molecule has 2 aromatic rings. The minimum atomic E-state index is -1.22. The molecule has 1 aromatic heterocycles. The van der Waals surface area contributed by atoms with Gasteiger partial charge in [0.15, 0.2) is 0 Å². The molecule has 1 N–H and O–H groups in total. The second-order valence-electron chi connectivity index (χ2n) is 4.69. The first-order valence-electron chi connectivity index (χ1n) is 6.30. The van der Waals surface area contributed by atoms with Gasteiger partial charge < -0.3 is 14.4 Å². The summed E-state index contributed by atoms with van der Waals surface area (Å²) in [7, 11) is 0. The van der Waals surface area contributed by atoms with E-state index in [0.717, 1.165) is 19.3 Å². The Labute approximate surface area is 114 Å². The lowest BCUT2D eigenvalue weighted by Crippen LogP contribution is -2.24. The number of carboxylic acid groups (broad SMARTS) is 1. The first-order valence-corrected chi connectivity index (χ1v) is 6.30. The Bertz CT molecular complexity index is 648. The molecule has 0 bridgehead atoms. The minimum Gasteiger partial charge on any atom is -0.490 e. The summed E-state index contributed by atoms with van der Waals surface area (Å²) in [5.41, 5.74) is 0.643. The molecule has 1 fully saturated rings. The molecule has 0 atom stereocenters. The third kappa shape index (κ3) is 2.36. The largest absolute Gasteiger partial charge is 0.490 e. The van der Waals surface area contributed by atoms with Crippen molar-refractivity contribution in [1.29, 1.82) is 0 Å². The molecule has 0 unspecified atom stereocenters. The van der Waals surface area contributed by atoms with Crippen LogP contribution in [0.25, 0.3) is 11.3 Å². The number of ether oxygens (including phenoxy) is 1. The van der Waals surface area contributed by atoms with Crippen LogP contribution in [0.1, 0.15) is 29.8 Å². The van der Waals surface area contributed by atoms with Gasteiger partial charge in [-0.25, -0.2) is 9.18 Å². The average molecular weight is 277 g/mol. The molecule has 1 aliphatic carbocycles. The standard InChI is InChI=1S/C14H12FNO4/c15-8-4-5-12(19-9-2-1-3-9)10(6-8)11-7-13(14(17)18)20-16-11/h4-7,9H,1-3H2,(H,17,18). The number of benzene rings is 1. The molecule has 1 aromatic carbocycles. The van der Waals surface area contributed by atoms with E-state index in [4.69, 9.17) is 14.4 Å². The van der Waals surface area contributed by atoms with E-state index in [0.29, 0.717) is 11.3 Å². The summed E-state index contributed by atoms with van der Waals surface area (Å²) in [4.78, 5) is 10.8. The van der Waals surface area contributed by atoms with Gasteiger partial charge in [0.2, 0.25) is 5.76 Å². The highest BCUT2D eigenvalue weighted by Gasteiger charge is 2.22. The van der Waals surface area contributed by atoms with Crippen molar-refractivity contribution < 1.29 is 23.6 Å². The van der Waals surface area contributed by atoms with Gasteiger partial charge >= 0.3 is 5.97 Å². The van der Waals surface area contributed by atoms with E-state index in [1.807, 2.05) is 0 Å². The first-order chi connectivity index (χ1) is 9.63. The molecule has 0 aliphatic heterocycles. The quantitative estimate of drug-likeness (QED) is 0.929. The van der Waals surface area contributed by atoms with Crippen molar-refractivity contribution in [2.24, 2.45) is 0 Å². The highest BCUT2D eigenvalue weighted by atomic mass is 19.1. The van der Waals surface area contributed by atoms with E-state index >= 15 is 0 Å². The van der Waals surface area contributed by atoms with Gasteiger partial charge in [-0.05, 0) is 37.5 Å². The zero-order chi connectivity index (χ0) is 14.1. The van der Waals surface area contributed by atoms with Crippen molar-refractivity contribution in [3.8, 4) is 17.0 Å². The Morgan fingerprint density at radius 3 is 2.80 bits per heavy atom. The normalized spacial score (nSPS) is 14.8. The lowest BCUT2D eigenvalue weighted by molar-refractivity contribution is 0.0652. The second kappa shape index (κ2) is 4.96. The molecule has 20 heavy (non-hydrogen) atoms. The predicted molar refractivity (Wildman–Crippen MR) is 67.1 cm³/mol. The maximum atomic E-state index is 13.4. The van der Waals surface area contributed by atoms with E-state index < -0.39 is 11.8 Å². The van der Waals surface area contributed by atoms with Crippen LogP contribution in [0.4, 0.5) is 4.39 Å². The van der Waals surface area contributed by atoms with Gasteiger partial charge in [-0.3, -0.25) is 0 Å². The van der Waals surface area contributed by atoms with Crippen LogP contribution in [-0.2, 0) is 0 Å². The number of hydrogen-bond acceptors (Lipinski definition) is 4. The highest BCUT2D eigenvalue weighted by molar-refractivity contribution is 5.86. The van der Waals surface area contributed by atoms with E-state index in [9.17, 15) is 9.18 Å². The zero-order valence-electron chi connectivity index (χ0n) is 10.5. The number of halogens is 1. The smallest absolute Gasteiger partial charge is 0.374 e. The average Bonchev–Trinajstić information content (AvgIpc) is 2.84. The third-order valence-corrected chi connectivity index (χ3v) is 3.28. The van der Waals surface area contributed by atoms with Gasteiger partial charge in [0.25, 0.3) is 0 Å². The number of hydrogen-bond donors (Lipinski definition) is 1. The van der Waals surface area contributed by atoms with Gasteiger partial charge in [-0.1, -0.05) is 5.16 Å². The van der Waals surface area contributed by atoms with E-state index in [2.05, 4.69) is 5.16 Å². The molecule has 1 saturated carbocycles. The van der Waals surface area contributed by atoms with Crippen molar-refractivity contribution in [1.82, 2.24) is 5.16 Å². The fourth-order valence-corrected chi connectivity index (χ4v) is 1.98. The number of carboxylic acids is 1. The predicted octanol–water partition coefficient (Wildman–Crippen LogP) is 3.11. The maximum absolute atomic E-state index is 13.4. The zero-order valence-corrected chi connectivity index (χ0v) is 10.5. The van der Waals surface area contributed by atoms with Crippen LogP contribution in [0.15, 0.2) is 28.8 Å². The summed E-state index contributed by atoms with van der Waals surface area (Å²) in [6.45, 7) is 0. The molecule has 0 amide bonds. The molecule has 3 rings (SSSR count). The number of aromatic carboxylic acids is 1. The van der Waals surface area contributed by atoms with Crippen molar-refractivity contribution in [2.45, 2.75) is 25.4 Å². The number of rotatable bonds is 4. The Morgan fingerprint density at radius 1 is 1.40 bits per heavy atom. The Hall–Kier alpha value is -2.37. The summed E-state index contributed by atoms with van der Waals surface area (Å²) in [5.74, 6) is -1.47. The van der Waals surface area contributed by atoms with E-state index in [-0.39, 0.29) is 17.6 Å². The first kappa shape index (κ1) is 12.7. The van der Waals surface area contributed by atoms with Crippen molar-refractivity contribution in [3.05, 3.63) is 35.8 Å². The Kier molecular flexibility index (Phi) is 3.14. The Balaban J connectivity index is 1.96. The summed E-state index contributed by atoms with van der Waals surface area (Å²) in [5, 5.41) is 12.5. The lowest BCUT2D eigenvalue weighted by Gasteiger charge is -2.27. The Morgan fingerprint density at radius 2 is 2.20 bits per heavy atom. The van der Waals surface area contributed by atoms with Crippen LogP contribution < -0.4 is 4.74 Å². The summed E-state index contributed by atoms with van der Waals surface area (Å²) < 4.78 is 23.9. The van der Waals surface area contributed by atoms with Crippen LogP contribution in [0.3, 0.4) is 0 Å². The molecule has 0 radical (unpaired) electrons. The fraction of sp³-hybridized carbons (Fsp3) is 0.286. The van der Waals surface area contributed by atoms with Gasteiger partial charge in [0, 0.05) is 11.6 Å². The van der Waals surface area contributed by atoms with Crippen LogP contribution >= 0.6 is 0 Å². The second-order valence-corrected chi connectivity index (χ2v) is 4.69.